The molecule has 0 unspecified atom stereocenters. The fourth-order valence-electron chi connectivity index (χ4n) is 0.745. The molecule has 12 heavy (non-hydrogen) atoms. The first-order valence-corrected chi connectivity index (χ1v) is 3.31. The number of aliphatic hydroxyl groups excluding tert-OH is 1. The molecule has 0 heterocycles. The van der Waals surface area contributed by atoms with Crippen molar-refractivity contribution in [3.05, 3.63) is 24.3 Å². The average Bonchev–Trinajstić information content (AvgIpc) is 2.09. The van der Waals surface area contributed by atoms with Crippen molar-refractivity contribution in [2.45, 2.75) is 0 Å². The molecule has 0 saturated heterocycles. The number of hydrogen-bond acceptors (Lipinski definition) is 4. The van der Waals surface area contributed by atoms with Crippen LogP contribution in [0.15, 0.2) is 24.3 Å². The van der Waals surface area contributed by atoms with Gasteiger partial charge in [-0.2, -0.15) is 0 Å². The summed E-state index contributed by atoms with van der Waals surface area (Å²) in [6.45, 7) is -0.0181. The lowest BCUT2D eigenvalue weighted by Gasteiger charge is -2.01. The minimum atomic E-state index is -0.367. The molecule has 0 aliphatic rings. The topological polar surface area (TPSA) is 55.8 Å². The second kappa shape index (κ2) is 4.35. The van der Waals surface area contributed by atoms with E-state index in [0.717, 1.165) is 0 Å². The number of benzene rings is 1. The molecule has 0 spiro atoms. The monoisotopic (exact) mass is 168 g/mol. The van der Waals surface area contributed by atoms with Gasteiger partial charge in [0.15, 0.2) is 6.79 Å². The largest absolute Gasteiger partial charge is 0.468 e. The maximum Gasteiger partial charge on any atom is 0.298 e. The summed E-state index contributed by atoms with van der Waals surface area (Å²) in [5.41, 5.74) is 0. The lowest BCUT2D eigenvalue weighted by molar-refractivity contribution is -0.120. The van der Waals surface area contributed by atoms with E-state index in [4.69, 9.17) is 9.84 Å². The summed E-state index contributed by atoms with van der Waals surface area (Å²) in [6, 6.07) is 6.32. The summed E-state index contributed by atoms with van der Waals surface area (Å²) in [6.07, 6.45) is 0. The van der Waals surface area contributed by atoms with Gasteiger partial charge in [0, 0.05) is 0 Å². The number of carbonyl (C=O) groups excluding carboxylic acids is 1. The SMILES string of the molecule is O=COc1ccc(OCO)cc1. The Morgan fingerprint density at radius 2 is 1.83 bits per heavy atom. The van der Waals surface area contributed by atoms with E-state index < -0.39 is 0 Å². The zero-order valence-corrected chi connectivity index (χ0v) is 6.27. The molecule has 0 radical (unpaired) electrons. The molecule has 1 N–H and O–H groups in total. The first kappa shape index (κ1) is 8.55. The van der Waals surface area contributed by atoms with Gasteiger partial charge in [-0.25, -0.2) is 0 Å². The third-order valence-corrected chi connectivity index (χ3v) is 1.24. The van der Waals surface area contributed by atoms with E-state index in [0.29, 0.717) is 18.0 Å². The zero-order chi connectivity index (χ0) is 8.81. The molecule has 1 aromatic rings. The van der Waals surface area contributed by atoms with Gasteiger partial charge in [0.2, 0.25) is 0 Å². The molecule has 0 aromatic heterocycles. The van der Waals surface area contributed by atoms with Crippen molar-refractivity contribution in [1.82, 2.24) is 0 Å². The molecule has 4 heteroatoms. The van der Waals surface area contributed by atoms with Gasteiger partial charge in [-0.1, -0.05) is 0 Å². The Balaban J connectivity index is 2.64. The van der Waals surface area contributed by atoms with Crippen LogP contribution in [0.25, 0.3) is 0 Å². The Morgan fingerprint density at radius 1 is 1.25 bits per heavy atom. The van der Waals surface area contributed by atoms with Gasteiger partial charge in [0.1, 0.15) is 11.5 Å². The van der Waals surface area contributed by atoms with E-state index >= 15 is 0 Å². The van der Waals surface area contributed by atoms with Crippen LogP contribution >= 0.6 is 0 Å². The van der Waals surface area contributed by atoms with Crippen LogP contribution in [-0.2, 0) is 4.79 Å². The molecule has 4 nitrogen and oxygen atoms in total. The highest BCUT2D eigenvalue weighted by Crippen LogP contribution is 2.16. The Morgan fingerprint density at radius 3 is 2.33 bits per heavy atom. The van der Waals surface area contributed by atoms with Crippen LogP contribution in [0.3, 0.4) is 0 Å². The first-order chi connectivity index (χ1) is 5.86. The van der Waals surface area contributed by atoms with Crippen LogP contribution in [-0.4, -0.2) is 18.4 Å². The summed E-state index contributed by atoms with van der Waals surface area (Å²) in [7, 11) is 0. The van der Waals surface area contributed by atoms with Gasteiger partial charge >= 0.3 is 0 Å². The molecule has 0 atom stereocenters. The van der Waals surface area contributed by atoms with Gasteiger partial charge < -0.3 is 14.6 Å². The van der Waals surface area contributed by atoms with Crippen molar-refractivity contribution in [2.24, 2.45) is 0 Å². The van der Waals surface area contributed by atoms with Crippen molar-refractivity contribution < 1.29 is 19.4 Å². The second-order valence-corrected chi connectivity index (χ2v) is 1.96. The minimum absolute atomic E-state index is 0.349. The fraction of sp³-hybridized carbons (Fsp3) is 0.125. The fourth-order valence-corrected chi connectivity index (χ4v) is 0.745. The smallest absolute Gasteiger partial charge is 0.298 e. The molecule has 1 aromatic carbocycles. The zero-order valence-electron chi connectivity index (χ0n) is 6.27. The van der Waals surface area contributed by atoms with Crippen molar-refractivity contribution >= 4 is 6.47 Å². The Kier molecular flexibility index (Phi) is 3.10. The summed E-state index contributed by atoms with van der Waals surface area (Å²) < 4.78 is 9.29. The number of aliphatic hydroxyl groups is 1. The summed E-state index contributed by atoms with van der Waals surface area (Å²) in [5.74, 6) is 0.964. The van der Waals surface area contributed by atoms with Crippen molar-refractivity contribution in [1.29, 1.82) is 0 Å². The summed E-state index contributed by atoms with van der Waals surface area (Å²) in [5, 5.41) is 8.38. The Bertz CT molecular complexity index is 242. The van der Waals surface area contributed by atoms with Gasteiger partial charge in [-0.3, -0.25) is 4.79 Å². The molecule has 0 aliphatic heterocycles. The molecule has 0 bridgehead atoms. The van der Waals surface area contributed by atoms with Gasteiger partial charge in [0.25, 0.3) is 6.47 Å². The average molecular weight is 168 g/mol. The van der Waals surface area contributed by atoms with E-state index in [-0.39, 0.29) is 6.79 Å². The highest BCUT2D eigenvalue weighted by atomic mass is 16.6. The molecular weight excluding hydrogens is 160 g/mol. The first-order valence-electron chi connectivity index (χ1n) is 3.31. The molecule has 64 valence electrons. The predicted octanol–water partition coefficient (Wildman–Crippen LogP) is 0.550. The van der Waals surface area contributed by atoms with Crippen LogP contribution in [0.5, 0.6) is 11.5 Å². The lowest BCUT2D eigenvalue weighted by Crippen LogP contribution is -1.94. The van der Waals surface area contributed by atoms with E-state index in [1.807, 2.05) is 0 Å². The normalized spacial score (nSPS) is 9.08. The second-order valence-electron chi connectivity index (χ2n) is 1.96. The molecule has 0 aliphatic carbocycles. The third kappa shape index (κ3) is 2.25. The predicted molar refractivity (Wildman–Crippen MR) is 40.8 cm³/mol. The molecule has 0 fully saturated rings. The summed E-state index contributed by atoms with van der Waals surface area (Å²) in [4.78, 5) is 9.89. The molecule has 1 rings (SSSR count). The maximum atomic E-state index is 9.89. The van der Waals surface area contributed by atoms with Crippen molar-refractivity contribution in [3.8, 4) is 11.5 Å². The maximum absolute atomic E-state index is 9.89. The van der Waals surface area contributed by atoms with Gasteiger partial charge in [-0.05, 0) is 24.3 Å². The van der Waals surface area contributed by atoms with Gasteiger partial charge in [0.05, 0.1) is 0 Å². The van der Waals surface area contributed by atoms with E-state index in [9.17, 15) is 4.79 Å². The van der Waals surface area contributed by atoms with E-state index in [1.165, 1.54) is 0 Å². The highest BCUT2D eigenvalue weighted by molar-refractivity contribution is 5.45. The van der Waals surface area contributed by atoms with Crippen LogP contribution in [0, 0.1) is 0 Å². The van der Waals surface area contributed by atoms with Gasteiger partial charge in [-0.15, -0.1) is 0 Å². The number of hydrogen-bond donors (Lipinski definition) is 1. The molecular formula is C8H8O4. The molecule has 0 amide bonds. The lowest BCUT2D eigenvalue weighted by atomic mass is 10.3. The number of ether oxygens (including phenoxy) is 2. The standard InChI is InChI=1S/C8H8O4/c9-5-11-7-1-2-8(4-3-7)12-6-10/h1-5,10H,6H2. The quantitative estimate of drug-likeness (QED) is 0.527. The minimum Gasteiger partial charge on any atom is -0.468 e. The van der Waals surface area contributed by atoms with Crippen LogP contribution in [0.4, 0.5) is 0 Å². The van der Waals surface area contributed by atoms with Crippen molar-refractivity contribution in [2.75, 3.05) is 6.79 Å². The third-order valence-electron chi connectivity index (χ3n) is 1.24. The van der Waals surface area contributed by atoms with Crippen LogP contribution in [0.2, 0.25) is 0 Å². The number of rotatable bonds is 4. The van der Waals surface area contributed by atoms with Crippen LogP contribution < -0.4 is 9.47 Å². The Labute approximate surface area is 69.3 Å². The molecule has 0 saturated carbocycles. The van der Waals surface area contributed by atoms with Crippen molar-refractivity contribution in [3.63, 3.8) is 0 Å². The van der Waals surface area contributed by atoms with Crippen LogP contribution in [0.1, 0.15) is 0 Å². The van der Waals surface area contributed by atoms with E-state index in [1.54, 1.807) is 24.3 Å². The van der Waals surface area contributed by atoms with E-state index in [2.05, 4.69) is 4.74 Å². The Hall–Kier alpha value is -1.55. The summed E-state index contributed by atoms with van der Waals surface area (Å²) >= 11 is 0. The highest BCUT2D eigenvalue weighted by Gasteiger charge is 1.93. The number of carbonyl (C=O) groups is 1.